The lowest BCUT2D eigenvalue weighted by atomic mass is 10.1. The fourth-order valence-electron chi connectivity index (χ4n) is 4.32. The predicted octanol–water partition coefficient (Wildman–Crippen LogP) is 4.34. The van der Waals surface area contributed by atoms with E-state index in [1.807, 2.05) is 36.4 Å². The number of carbonyl (C=O) groups is 2. The molecular weight excluding hydrogens is 475 g/mol. The summed E-state index contributed by atoms with van der Waals surface area (Å²) in [6.45, 7) is 3.29. The van der Waals surface area contributed by atoms with Crippen molar-refractivity contribution < 1.29 is 28.2 Å². The first kappa shape index (κ1) is 26.3. The van der Waals surface area contributed by atoms with Crippen LogP contribution in [0, 0.1) is 5.82 Å². The van der Waals surface area contributed by atoms with Gasteiger partial charge >= 0.3 is 5.97 Å². The third-order valence-electron chi connectivity index (χ3n) is 6.48. The fourth-order valence-corrected chi connectivity index (χ4v) is 4.32. The standard InChI is InChI=1S/C29H31FN2O5/c1-35-24-7-5-6-23(18-24)27(37-20-21-10-12-22(13-11-21)29(34)36-2)19-31-14-16-32(17-15-31)28(33)25-8-3-4-9-26(25)30/h3-13,18,27H,14-17,19-20H2,1-2H3/t27-/m1/s1. The highest BCUT2D eigenvalue weighted by Crippen LogP contribution is 2.25. The fraction of sp³-hybridized carbons (Fsp3) is 0.310. The van der Waals surface area contributed by atoms with Crippen LogP contribution in [0.1, 0.15) is 37.9 Å². The summed E-state index contributed by atoms with van der Waals surface area (Å²) in [7, 11) is 2.98. The van der Waals surface area contributed by atoms with Crippen molar-refractivity contribution in [2.45, 2.75) is 12.7 Å². The Morgan fingerprint density at radius 1 is 0.919 bits per heavy atom. The summed E-state index contributed by atoms with van der Waals surface area (Å²) < 4.78 is 30.6. The molecule has 1 atom stereocenters. The first-order chi connectivity index (χ1) is 18.0. The number of amides is 1. The monoisotopic (exact) mass is 506 g/mol. The van der Waals surface area contributed by atoms with Gasteiger partial charge in [-0.25, -0.2) is 9.18 Å². The van der Waals surface area contributed by atoms with Gasteiger partial charge in [-0.05, 0) is 47.5 Å². The molecule has 0 spiro atoms. The molecule has 0 aromatic heterocycles. The van der Waals surface area contributed by atoms with Crippen LogP contribution in [0.25, 0.3) is 0 Å². The maximum Gasteiger partial charge on any atom is 0.337 e. The Kier molecular flexibility index (Phi) is 8.87. The van der Waals surface area contributed by atoms with Crippen molar-refractivity contribution in [1.82, 2.24) is 9.80 Å². The van der Waals surface area contributed by atoms with Gasteiger partial charge in [0.2, 0.25) is 0 Å². The number of esters is 1. The van der Waals surface area contributed by atoms with Gasteiger partial charge in [0.15, 0.2) is 0 Å². The van der Waals surface area contributed by atoms with Crippen LogP contribution in [0.2, 0.25) is 0 Å². The Labute approximate surface area is 216 Å². The molecule has 3 aromatic carbocycles. The van der Waals surface area contributed by atoms with E-state index in [0.717, 1.165) is 16.9 Å². The van der Waals surface area contributed by atoms with Crippen molar-refractivity contribution in [2.75, 3.05) is 46.9 Å². The molecule has 1 aliphatic rings. The van der Waals surface area contributed by atoms with Crippen LogP contribution in [0.15, 0.2) is 72.8 Å². The zero-order chi connectivity index (χ0) is 26.2. The second-order valence-electron chi connectivity index (χ2n) is 8.84. The third-order valence-corrected chi connectivity index (χ3v) is 6.48. The lowest BCUT2D eigenvalue weighted by molar-refractivity contribution is 0.00327. The van der Waals surface area contributed by atoms with Crippen molar-refractivity contribution in [3.63, 3.8) is 0 Å². The van der Waals surface area contributed by atoms with Crippen molar-refractivity contribution in [3.8, 4) is 5.75 Å². The zero-order valence-corrected chi connectivity index (χ0v) is 21.1. The van der Waals surface area contributed by atoms with Crippen LogP contribution in [-0.4, -0.2) is 68.6 Å². The smallest absolute Gasteiger partial charge is 0.337 e. The van der Waals surface area contributed by atoms with Crippen LogP contribution in [0.3, 0.4) is 0 Å². The quantitative estimate of drug-likeness (QED) is 0.403. The minimum absolute atomic E-state index is 0.103. The molecule has 0 bridgehead atoms. The van der Waals surface area contributed by atoms with Gasteiger partial charge in [-0.2, -0.15) is 0 Å². The normalized spacial score (nSPS) is 14.7. The van der Waals surface area contributed by atoms with Gasteiger partial charge in [-0.15, -0.1) is 0 Å². The molecule has 7 nitrogen and oxygen atoms in total. The van der Waals surface area contributed by atoms with Crippen molar-refractivity contribution in [1.29, 1.82) is 0 Å². The van der Waals surface area contributed by atoms with E-state index in [-0.39, 0.29) is 23.5 Å². The van der Waals surface area contributed by atoms with E-state index in [1.165, 1.54) is 19.2 Å². The molecule has 37 heavy (non-hydrogen) atoms. The molecule has 4 rings (SSSR count). The average Bonchev–Trinajstić information content (AvgIpc) is 2.95. The minimum Gasteiger partial charge on any atom is -0.497 e. The van der Waals surface area contributed by atoms with Crippen molar-refractivity contribution in [2.24, 2.45) is 0 Å². The Balaban J connectivity index is 1.41. The summed E-state index contributed by atoms with van der Waals surface area (Å²) in [4.78, 5) is 28.4. The molecule has 1 aliphatic heterocycles. The summed E-state index contributed by atoms with van der Waals surface area (Å²) in [6.07, 6.45) is -0.246. The van der Waals surface area contributed by atoms with Crippen molar-refractivity contribution >= 4 is 11.9 Å². The summed E-state index contributed by atoms with van der Waals surface area (Å²) in [5, 5.41) is 0. The molecule has 0 saturated carbocycles. The van der Waals surface area contributed by atoms with Gasteiger partial charge in [-0.1, -0.05) is 36.4 Å². The predicted molar refractivity (Wildman–Crippen MR) is 137 cm³/mol. The lowest BCUT2D eigenvalue weighted by Gasteiger charge is -2.36. The molecular formula is C29H31FN2O5. The van der Waals surface area contributed by atoms with Crippen LogP contribution >= 0.6 is 0 Å². The van der Waals surface area contributed by atoms with Gasteiger partial charge in [0.1, 0.15) is 11.6 Å². The number of methoxy groups -OCH3 is 2. The van der Waals surface area contributed by atoms with Crippen LogP contribution in [-0.2, 0) is 16.1 Å². The number of piperazine rings is 1. The number of carbonyl (C=O) groups excluding carboxylic acids is 2. The minimum atomic E-state index is -0.499. The maximum atomic E-state index is 14.1. The van der Waals surface area contributed by atoms with E-state index in [1.54, 1.807) is 36.3 Å². The largest absolute Gasteiger partial charge is 0.497 e. The summed E-state index contributed by atoms with van der Waals surface area (Å²) >= 11 is 0. The molecule has 194 valence electrons. The van der Waals surface area contributed by atoms with Gasteiger partial charge < -0.3 is 19.1 Å². The van der Waals surface area contributed by atoms with E-state index >= 15 is 0 Å². The van der Waals surface area contributed by atoms with E-state index in [9.17, 15) is 14.0 Å². The second-order valence-corrected chi connectivity index (χ2v) is 8.84. The summed E-state index contributed by atoms with van der Waals surface area (Å²) in [5.41, 5.74) is 2.50. The highest BCUT2D eigenvalue weighted by Gasteiger charge is 2.26. The van der Waals surface area contributed by atoms with Crippen LogP contribution < -0.4 is 4.74 Å². The van der Waals surface area contributed by atoms with Gasteiger partial charge in [0.25, 0.3) is 5.91 Å². The molecule has 1 amide bonds. The van der Waals surface area contributed by atoms with E-state index in [2.05, 4.69) is 4.90 Å². The summed E-state index contributed by atoms with van der Waals surface area (Å²) in [6, 6.07) is 21.0. The second kappa shape index (κ2) is 12.5. The Hall–Kier alpha value is -3.75. The van der Waals surface area contributed by atoms with Gasteiger partial charge in [0, 0.05) is 32.7 Å². The topological polar surface area (TPSA) is 68.3 Å². The molecule has 1 fully saturated rings. The SMILES string of the molecule is COC(=O)c1ccc(CO[C@H](CN2CCN(C(=O)c3ccccc3F)CC2)c2cccc(OC)c2)cc1. The number of hydrogen-bond donors (Lipinski definition) is 0. The van der Waals surface area contributed by atoms with Crippen molar-refractivity contribution in [3.05, 3.63) is 101 Å². The number of rotatable bonds is 9. The number of benzene rings is 3. The molecule has 0 aliphatic carbocycles. The molecule has 1 saturated heterocycles. The lowest BCUT2D eigenvalue weighted by Crippen LogP contribution is -2.49. The molecule has 0 N–H and O–H groups in total. The highest BCUT2D eigenvalue weighted by molar-refractivity contribution is 5.94. The molecule has 0 unspecified atom stereocenters. The molecule has 3 aromatic rings. The molecule has 0 radical (unpaired) electrons. The maximum absolute atomic E-state index is 14.1. The van der Waals surface area contributed by atoms with E-state index in [4.69, 9.17) is 14.2 Å². The Morgan fingerprint density at radius 2 is 1.65 bits per heavy atom. The highest BCUT2D eigenvalue weighted by atomic mass is 19.1. The van der Waals surface area contributed by atoms with Gasteiger partial charge in [-0.3, -0.25) is 9.69 Å². The average molecular weight is 507 g/mol. The number of halogens is 1. The van der Waals surface area contributed by atoms with Crippen LogP contribution in [0.4, 0.5) is 4.39 Å². The number of hydrogen-bond acceptors (Lipinski definition) is 6. The van der Waals surface area contributed by atoms with E-state index in [0.29, 0.717) is 44.9 Å². The first-order valence-corrected chi connectivity index (χ1v) is 12.2. The Morgan fingerprint density at radius 3 is 2.32 bits per heavy atom. The summed E-state index contributed by atoms with van der Waals surface area (Å²) in [5.74, 6) is -0.419. The first-order valence-electron chi connectivity index (χ1n) is 12.2. The molecule has 1 heterocycles. The van der Waals surface area contributed by atoms with Gasteiger partial charge in [0.05, 0.1) is 38.1 Å². The molecule has 8 heteroatoms. The van der Waals surface area contributed by atoms with Crippen LogP contribution in [0.5, 0.6) is 5.75 Å². The number of ether oxygens (including phenoxy) is 3. The Bertz CT molecular complexity index is 1210. The number of nitrogens with zero attached hydrogens (tertiary/aromatic N) is 2. The van der Waals surface area contributed by atoms with E-state index < -0.39 is 5.82 Å². The third kappa shape index (κ3) is 6.72. The zero-order valence-electron chi connectivity index (χ0n) is 21.1.